The van der Waals surface area contributed by atoms with Crippen molar-refractivity contribution >= 4 is 11.8 Å². The summed E-state index contributed by atoms with van der Waals surface area (Å²) in [6.45, 7) is 4.45. The number of nitrogens with zero attached hydrogens (tertiary/aromatic N) is 4. The van der Waals surface area contributed by atoms with E-state index in [1.165, 1.54) is 31.7 Å². The van der Waals surface area contributed by atoms with Gasteiger partial charge < -0.3 is 14.5 Å². The Morgan fingerprint density at radius 3 is 2.52 bits per heavy atom. The van der Waals surface area contributed by atoms with E-state index >= 15 is 0 Å². The summed E-state index contributed by atoms with van der Waals surface area (Å²) >= 11 is 0. The second-order valence-corrected chi connectivity index (χ2v) is 6.87. The minimum Gasteiger partial charge on any atom is -0.368 e. The molecule has 0 N–H and O–H groups in total. The van der Waals surface area contributed by atoms with Crippen LogP contribution < -0.4 is 0 Å². The predicted molar refractivity (Wildman–Crippen MR) is 91.9 cm³/mol. The first-order chi connectivity index (χ1) is 12.1. The normalized spacial score (nSPS) is 24.2. The fourth-order valence-corrected chi connectivity index (χ4v) is 3.53. The third-order valence-electron chi connectivity index (χ3n) is 5.16. The molecule has 0 aromatic carbocycles. The lowest BCUT2D eigenvalue weighted by molar-refractivity contribution is -0.141. The summed E-state index contributed by atoms with van der Waals surface area (Å²) in [5.41, 5.74) is 0.344. The summed E-state index contributed by atoms with van der Waals surface area (Å²) in [6.07, 6.45) is 9.41. The summed E-state index contributed by atoms with van der Waals surface area (Å²) in [7, 11) is 0. The molecule has 0 bridgehead atoms. The Hall–Kier alpha value is -2.02. The number of ether oxygens (including phenoxy) is 1. The van der Waals surface area contributed by atoms with Crippen molar-refractivity contribution in [3.8, 4) is 0 Å². The first kappa shape index (κ1) is 17.8. The molecule has 0 radical (unpaired) electrons. The van der Waals surface area contributed by atoms with Gasteiger partial charge >= 0.3 is 0 Å². The van der Waals surface area contributed by atoms with Gasteiger partial charge in [0.2, 0.25) is 5.91 Å². The molecule has 3 rings (SSSR count). The van der Waals surface area contributed by atoms with Crippen molar-refractivity contribution in [1.29, 1.82) is 0 Å². The molecule has 2 heterocycles. The molecule has 136 valence electrons. The number of carbonyl (C=O) groups is 2. The van der Waals surface area contributed by atoms with Crippen LogP contribution in [0, 0.1) is 5.92 Å². The molecule has 2 atom stereocenters. The second-order valence-electron chi connectivity index (χ2n) is 6.87. The monoisotopic (exact) mass is 346 g/mol. The summed E-state index contributed by atoms with van der Waals surface area (Å²) in [5, 5.41) is 0. The van der Waals surface area contributed by atoms with Gasteiger partial charge in [0.25, 0.3) is 5.91 Å². The summed E-state index contributed by atoms with van der Waals surface area (Å²) in [4.78, 5) is 36.2. The average Bonchev–Trinajstić information content (AvgIpc) is 2.67. The summed E-state index contributed by atoms with van der Waals surface area (Å²) in [6, 6.07) is 0. The first-order valence-corrected chi connectivity index (χ1v) is 9.10. The van der Waals surface area contributed by atoms with E-state index in [4.69, 9.17) is 4.74 Å². The van der Waals surface area contributed by atoms with E-state index in [0.29, 0.717) is 37.8 Å². The minimum atomic E-state index is -0.132. The van der Waals surface area contributed by atoms with Gasteiger partial charge in [0.1, 0.15) is 12.3 Å². The van der Waals surface area contributed by atoms with Crippen LogP contribution in [0.3, 0.4) is 0 Å². The van der Waals surface area contributed by atoms with E-state index in [9.17, 15) is 9.59 Å². The van der Waals surface area contributed by atoms with E-state index in [1.807, 2.05) is 0 Å². The smallest absolute Gasteiger partial charge is 0.274 e. The molecule has 7 heteroatoms. The molecule has 2 aliphatic rings. The van der Waals surface area contributed by atoms with Crippen LogP contribution in [0.5, 0.6) is 0 Å². The van der Waals surface area contributed by atoms with Gasteiger partial charge in [-0.1, -0.05) is 19.8 Å². The van der Waals surface area contributed by atoms with Crippen molar-refractivity contribution in [2.75, 3.05) is 32.8 Å². The molecule has 1 saturated carbocycles. The van der Waals surface area contributed by atoms with Gasteiger partial charge in [-0.15, -0.1) is 0 Å². The van der Waals surface area contributed by atoms with Crippen LogP contribution in [0.4, 0.5) is 0 Å². The van der Waals surface area contributed by atoms with Crippen LogP contribution in [0.15, 0.2) is 18.6 Å². The van der Waals surface area contributed by atoms with Gasteiger partial charge in [0.05, 0.1) is 12.3 Å². The highest BCUT2D eigenvalue weighted by Gasteiger charge is 2.27. The minimum absolute atomic E-state index is 0.0179. The van der Waals surface area contributed by atoms with Crippen molar-refractivity contribution in [3.05, 3.63) is 24.3 Å². The Bertz CT molecular complexity index is 587. The van der Waals surface area contributed by atoms with Crippen molar-refractivity contribution < 1.29 is 14.3 Å². The lowest BCUT2D eigenvalue weighted by Crippen LogP contribution is -2.51. The average molecular weight is 346 g/mol. The molecule has 0 unspecified atom stereocenters. The number of hydrogen-bond donors (Lipinski definition) is 0. The number of carbonyl (C=O) groups excluding carboxylic acids is 2. The van der Waals surface area contributed by atoms with Crippen molar-refractivity contribution in [3.63, 3.8) is 0 Å². The molecule has 0 spiro atoms. The van der Waals surface area contributed by atoms with Crippen LogP contribution in [0.1, 0.15) is 43.1 Å². The first-order valence-electron chi connectivity index (χ1n) is 9.10. The summed E-state index contributed by atoms with van der Waals surface area (Å²) < 4.78 is 5.86. The summed E-state index contributed by atoms with van der Waals surface area (Å²) in [5.74, 6) is 0.417. The lowest BCUT2D eigenvalue weighted by atomic mass is 9.88. The molecule has 1 aliphatic heterocycles. The highest BCUT2D eigenvalue weighted by atomic mass is 16.5. The van der Waals surface area contributed by atoms with E-state index in [2.05, 4.69) is 16.9 Å². The van der Waals surface area contributed by atoms with Crippen LogP contribution >= 0.6 is 0 Å². The van der Waals surface area contributed by atoms with E-state index in [1.54, 1.807) is 16.0 Å². The zero-order chi connectivity index (χ0) is 17.6. The molecular formula is C18H26N4O3. The largest absolute Gasteiger partial charge is 0.368 e. The van der Waals surface area contributed by atoms with Crippen LogP contribution in [0.2, 0.25) is 0 Å². The number of rotatable bonds is 4. The molecule has 1 aliphatic carbocycles. The topological polar surface area (TPSA) is 75.6 Å². The van der Waals surface area contributed by atoms with Gasteiger partial charge in [-0.2, -0.15) is 0 Å². The molecule has 7 nitrogen and oxygen atoms in total. The van der Waals surface area contributed by atoms with E-state index in [0.717, 1.165) is 6.42 Å². The maximum Gasteiger partial charge on any atom is 0.274 e. The van der Waals surface area contributed by atoms with Crippen LogP contribution in [0.25, 0.3) is 0 Å². The highest BCUT2D eigenvalue weighted by molar-refractivity contribution is 5.92. The van der Waals surface area contributed by atoms with Crippen molar-refractivity contribution in [2.24, 2.45) is 5.92 Å². The Morgan fingerprint density at radius 2 is 1.84 bits per heavy atom. The fraction of sp³-hybridized carbons (Fsp3) is 0.667. The molecular weight excluding hydrogens is 320 g/mol. The van der Waals surface area contributed by atoms with Gasteiger partial charge in [0.15, 0.2) is 0 Å². The van der Waals surface area contributed by atoms with E-state index < -0.39 is 0 Å². The van der Waals surface area contributed by atoms with Gasteiger partial charge in [-0.05, 0) is 18.8 Å². The third-order valence-corrected chi connectivity index (χ3v) is 5.16. The third kappa shape index (κ3) is 4.54. The molecule has 1 aromatic rings. The zero-order valence-corrected chi connectivity index (χ0v) is 14.8. The lowest BCUT2D eigenvalue weighted by Gasteiger charge is -2.35. The van der Waals surface area contributed by atoms with Crippen molar-refractivity contribution in [2.45, 2.75) is 38.7 Å². The molecule has 1 aromatic heterocycles. The van der Waals surface area contributed by atoms with E-state index in [-0.39, 0.29) is 24.5 Å². The fourth-order valence-electron chi connectivity index (χ4n) is 3.53. The predicted octanol–water partition coefficient (Wildman–Crippen LogP) is 1.36. The standard InChI is InChI=1S/C18H26N4O3/c1-14-4-2-3-5-16(14)25-13-17(23)21-8-10-22(11-9-21)18(24)15-12-19-6-7-20-15/h6-7,12,14,16H,2-5,8-11,13H2,1H3/t14-,16+/m1/s1. The van der Waals surface area contributed by atoms with Crippen LogP contribution in [-0.2, 0) is 9.53 Å². The molecule has 1 saturated heterocycles. The maximum atomic E-state index is 12.4. The maximum absolute atomic E-state index is 12.4. The number of amides is 2. The van der Waals surface area contributed by atoms with Crippen LogP contribution in [-0.4, -0.2) is 70.5 Å². The Kier molecular flexibility index (Phi) is 5.96. The zero-order valence-electron chi connectivity index (χ0n) is 14.8. The van der Waals surface area contributed by atoms with Crippen molar-refractivity contribution in [1.82, 2.24) is 19.8 Å². The molecule has 2 fully saturated rings. The number of piperazine rings is 1. The SMILES string of the molecule is C[C@@H]1CCCC[C@@H]1OCC(=O)N1CCN(C(=O)c2cnccn2)CC1. The highest BCUT2D eigenvalue weighted by Crippen LogP contribution is 2.26. The Balaban J connectivity index is 1.44. The number of hydrogen-bond acceptors (Lipinski definition) is 5. The van der Waals surface area contributed by atoms with Gasteiger partial charge in [-0.3, -0.25) is 14.6 Å². The molecule has 25 heavy (non-hydrogen) atoms. The number of aromatic nitrogens is 2. The van der Waals surface area contributed by atoms with Gasteiger partial charge in [0, 0.05) is 38.6 Å². The second kappa shape index (κ2) is 8.38. The van der Waals surface area contributed by atoms with Gasteiger partial charge in [-0.25, -0.2) is 4.98 Å². The Labute approximate surface area is 148 Å². The molecule has 2 amide bonds. The quantitative estimate of drug-likeness (QED) is 0.823. The Morgan fingerprint density at radius 1 is 1.12 bits per heavy atom.